The van der Waals surface area contributed by atoms with Gasteiger partial charge >= 0.3 is 0 Å². The van der Waals surface area contributed by atoms with E-state index in [0.717, 1.165) is 11.8 Å². The van der Waals surface area contributed by atoms with Crippen LogP contribution in [0, 0.1) is 0 Å². The quantitative estimate of drug-likeness (QED) is 0.934. The molecule has 2 rings (SSSR count). The molecule has 1 N–H and O–H groups in total. The summed E-state index contributed by atoms with van der Waals surface area (Å²) >= 11 is 5.90. The molecular formula is C14H13ClN2O3S. The van der Waals surface area contributed by atoms with E-state index in [0.29, 0.717) is 10.6 Å². The van der Waals surface area contributed by atoms with Crippen molar-refractivity contribution in [2.75, 3.05) is 6.26 Å². The van der Waals surface area contributed by atoms with Crippen molar-refractivity contribution in [2.24, 2.45) is 0 Å². The molecule has 0 radical (unpaired) electrons. The largest absolute Gasteiger partial charge is 0.348 e. The van der Waals surface area contributed by atoms with Crippen LogP contribution in [-0.4, -0.2) is 25.6 Å². The van der Waals surface area contributed by atoms with Crippen LogP contribution in [0.3, 0.4) is 0 Å². The molecule has 1 aromatic heterocycles. The maximum Gasteiger partial charge on any atom is 0.254 e. The van der Waals surface area contributed by atoms with Gasteiger partial charge in [0.05, 0.1) is 15.5 Å². The first-order valence-corrected chi connectivity index (χ1v) is 8.31. The van der Waals surface area contributed by atoms with Gasteiger partial charge in [-0.1, -0.05) is 23.7 Å². The van der Waals surface area contributed by atoms with Crippen LogP contribution in [0.5, 0.6) is 0 Å². The van der Waals surface area contributed by atoms with E-state index in [9.17, 15) is 13.2 Å². The molecule has 7 heteroatoms. The molecule has 0 aliphatic carbocycles. The number of rotatable bonds is 4. The number of hydrogen-bond acceptors (Lipinski definition) is 4. The smallest absolute Gasteiger partial charge is 0.254 e. The molecule has 0 saturated carbocycles. The maximum absolute atomic E-state index is 11.9. The van der Waals surface area contributed by atoms with Gasteiger partial charge in [0.15, 0.2) is 9.84 Å². The molecule has 0 spiro atoms. The number of carbonyl (C=O) groups is 1. The van der Waals surface area contributed by atoms with E-state index in [1.54, 1.807) is 12.1 Å². The predicted molar refractivity (Wildman–Crippen MR) is 80.0 cm³/mol. The van der Waals surface area contributed by atoms with Gasteiger partial charge in [0.1, 0.15) is 0 Å². The lowest BCUT2D eigenvalue weighted by atomic mass is 10.2. The lowest BCUT2D eigenvalue weighted by Crippen LogP contribution is -2.23. The summed E-state index contributed by atoms with van der Waals surface area (Å²) in [5.41, 5.74) is 1.09. The molecule has 1 aromatic carbocycles. The highest BCUT2D eigenvalue weighted by Crippen LogP contribution is 2.14. The van der Waals surface area contributed by atoms with E-state index in [2.05, 4.69) is 10.3 Å². The van der Waals surface area contributed by atoms with Gasteiger partial charge < -0.3 is 5.32 Å². The van der Waals surface area contributed by atoms with Crippen LogP contribution in [-0.2, 0) is 16.4 Å². The van der Waals surface area contributed by atoms with E-state index in [4.69, 9.17) is 11.6 Å². The fourth-order valence-corrected chi connectivity index (χ4v) is 2.50. The van der Waals surface area contributed by atoms with Gasteiger partial charge in [0, 0.05) is 25.2 Å². The van der Waals surface area contributed by atoms with E-state index in [1.165, 1.54) is 30.6 Å². The molecule has 0 bridgehead atoms. The van der Waals surface area contributed by atoms with Crippen molar-refractivity contribution in [3.8, 4) is 0 Å². The minimum atomic E-state index is -3.21. The number of pyridine rings is 1. The van der Waals surface area contributed by atoms with Gasteiger partial charge in [0.2, 0.25) is 0 Å². The fourth-order valence-electron chi connectivity index (χ4n) is 1.68. The molecule has 110 valence electrons. The van der Waals surface area contributed by atoms with Crippen LogP contribution in [0.15, 0.2) is 47.6 Å². The molecule has 5 nitrogen and oxygen atoms in total. The van der Waals surface area contributed by atoms with Crippen LogP contribution in [0.25, 0.3) is 0 Å². The number of nitrogens with one attached hydrogen (secondary N) is 1. The van der Waals surface area contributed by atoms with Crippen molar-refractivity contribution < 1.29 is 13.2 Å². The molecule has 21 heavy (non-hydrogen) atoms. The van der Waals surface area contributed by atoms with Crippen LogP contribution in [0.4, 0.5) is 0 Å². The summed E-state index contributed by atoms with van der Waals surface area (Å²) in [5.74, 6) is -0.333. The van der Waals surface area contributed by atoms with Gasteiger partial charge in [-0.05, 0) is 23.8 Å². The Morgan fingerprint density at radius 2 is 1.90 bits per heavy atom. The standard InChI is InChI=1S/C14H13ClN2O3S/c1-21(19,20)11-4-2-10(3-5-11)8-17-14(18)12-9-16-7-6-13(12)15/h2-7,9H,8H2,1H3,(H,17,18). The highest BCUT2D eigenvalue weighted by molar-refractivity contribution is 7.90. The molecule has 0 fully saturated rings. The minimum absolute atomic E-state index is 0.243. The number of aromatic nitrogens is 1. The number of nitrogens with zero attached hydrogens (tertiary/aromatic N) is 1. The Morgan fingerprint density at radius 3 is 2.48 bits per heavy atom. The summed E-state index contributed by atoms with van der Waals surface area (Å²) in [5, 5.41) is 3.03. The van der Waals surface area contributed by atoms with Gasteiger partial charge in [-0.2, -0.15) is 0 Å². The first kappa shape index (κ1) is 15.5. The Labute approximate surface area is 127 Å². The number of carbonyl (C=O) groups excluding carboxylic acids is 1. The van der Waals surface area contributed by atoms with Crippen molar-refractivity contribution in [1.82, 2.24) is 10.3 Å². The number of halogens is 1. The lowest BCUT2D eigenvalue weighted by Gasteiger charge is -2.07. The minimum Gasteiger partial charge on any atom is -0.348 e. The van der Waals surface area contributed by atoms with Crippen LogP contribution >= 0.6 is 11.6 Å². The lowest BCUT2D eigenvalue weighted by molar-refractivity contribution is 0.0950. The highest BCUT2D eigenvalue weighted by Gasteiger charge is 2.10. The predicted octanol–water partition coefficient (Wildman–Crippen LogP) is 2.07. The van der Waals surface area contributed by atoms with Crippen molar-refractivity contribution >= 4 is 27.3 Å². The van der Waals surface area contributed by atoms with Crippen molar-refractivity contribution in [2.45, 2.75) is 11.4 Å². The molecule has 0 aliphatic rings. The van der Waals surface area contributed by atoms with E-state index < -0.39 is 9.84 Å². The second kappa shape index (κ2) is 6.24. The van der Waals surface area contributed by atoms with Crippen molar-refractivity contribution in [3.05, 3.63) is 58.9 Å². The number of amides is 1. The summed E-state index contributed by atoms with van der Waals surface area (Å²) in [6, 6.07) is 7.86. The second-order valence-corrected chi connectivity index (χ2v) is 6.88. The number of benzene rings is 1. The average molecular weight is 325 g/mol. The van der Waals surface area contributed by atoms with Gasteiger partial charge in [-0.3, -0.25) is 9.78 Å². The molecule has 1 heterocycles. The first-order chi connectivity index (χ1) is 9.88. The third-order valence-corrected chi connectivity index (χ3v) is 4.28. The SMILES string of the molecule is CS(=O)(=O)c1ccc(CNC(=O)c2cnccc2Cl)cc1. The topological polar surface area (TPSA) is 76.1 Å². The fraction of sp³-hybridized carbons (Fsp3) is 0.143. The Hall–Kier alpha value is -1.92. The van der Waals surface area contributed by atoms with E-state index >= 15 is 0 Å². The van der Waals surface area contributed by atoms with Crippen LogP contribution in [0.1, 0.15) is 15.9 Å². The second-order valence-electron chi connectivity index (χ2n) is 4.45. The molecule has 0 unspecified atom stereocenters. The van der Waals surface area contributed by atoms with Crippen LogP contribution in [0.2, 0.25) is 5.02 Å². The zero-order valence-corrected chi connectivity index (χ0v) is 12.8. The third kappa shape index (κ3) is 4.03. The normalized spacial score (nSPS) is 11.1. The maximum atomic E-state index is 11.9. The molecule has 0 atom stereocenters. The monoisotopic (exact) mass is 324 g/mol. The molecule has 1 amide bonds. The van der Waals surface area contributed by atoms with E-state index in [1.807, 2.05) is 0 Å². The van der Waals surface area contributed by atoms with Gasteiger partial charge in [-0.15, -0.1) is 0 Å². The van der Waals surface area contributed by atoms with Crippen molar-refractivity contribution in [3.63, 3.8) is 0 Å². The van der Waals surface area contributed by atoms with E-state index in [-0.39, 0.29) is 17.3 Å². The zero-order valence-electron chi connectivity index (χ0n) is 11.2. The Bertz CT molecular complexity index is 758. The summed E-state index contributed by atoms with van der Waals surface area (Å²) < 4.78 is 22.7. The number of hydrogen-bond donors (Lipinski definition) is 1. The molecule has 0 aliphatic heterocycles. The Morgan fingerprint density at radius 1 is 1.24 bits per heavy atom. The Balaban J connectivity index is 2.04. The van der Waals surface area contributed by atoms with Gasteiger partial charge in [0.25, 0.3) is 5.91 Å². The van der Waals surface area contributed by atoms with Crippen molar-refractivity contribution in [1.29, 1.82) is 0 Å². The highest BCUT2D eigenvalue weighted by atomic mass is 35.5. The molecule has 0 saturated heterocycles. The van der Waals surface area contributed by atoms with Crippen LogP contribution < -0.4 is 5.32 Å². The summed E-state index contributed by atoms with van der Waals surface area (Å²) in [6.45, 7) is 0.272. The molecule has 2 aromatic rings. The number of sulfone groups is 1. The Kier molecular flexibility index (Phi) is 4.59. The average Bonchev–Trinajstić information content (AvgIpc) is 2.45. The summed E-state index contributed by atoms with van der Waals surface area (Å²) in [6.07, 6.45) is 4.04. The summed E-state index contributed by atoms with van der Waals surface area (Å²) in [4.78, 5) is 16.0. The summed E-state index contributed by atoms with van der Waals surface area (Å²) in [7, 11) is -3.21. The zero-order chi connectivity index (χ0) is 15.5. The first-order valence-electron chi connectivity index (χ1n) is 6.04. The molecular weight excluding hydrogens is 312 g/mol. The van der Waals surface area contributed by atoms with Gasteiger partial charge in [-0.25, -0.2) is 8.42 Å². The third-order valence-electron chi connectivity index (χ3n) is 2.82.